The second-order valence-electron chi connectivity index (χ2n) is 4.01. The van der Waals surface area contributed by atoms with Gasteiger partial charge in [-0.25, -0.2) is 12.8 Å². The molecule has 2 aromatic rings. The van der Waals surface area contributed by atoms with Crippen LogP contribution in [0.3, 0.4) is 0 Å². The third kappa shape index (κ3) is 2.51. The Hall–Kier alpha value is -1.89. The van der Waals surface area contributed by atoms with E-state index in [1.807, 2.05) is 0 Å². The first kappa shape index (κ1) is 12.6. The lowest BCUT2D eigenvalue weighted by Gasteiger charge is -2.04. The van der Waals surface area contributed by atoms with Gasteiger partial charge in [0.25, 0.3) is 0 Å². The van der Waals surface area contributed by atoms with Crippen molar-refractivity contribution in [3.05, 3.63) is 35.8 Å². The van der Waals surface area contributed by atoms with Crippen LogP contribution >= 0.6 is 0 Å². The summed E-state index contributed by atoms with van der Waals surface area (Å²) in [6.07, 6.45) is 1.09. The number of nitrogens with two attached hydrogens (primary N) is 1. The van der Waals surface area contributed by atoms with Crippen molar-refractivity contribution in [2.24, 2.45) is 0 Å². The van der Waals surface area contributed by atoms with E-state index >= 15 is 0 Å². The van der Waals surface area contributed by atoms with E-state index in [-0.39, 0.29) is 17.1 Å². The molecule has 0 atom stereocenters. The van der Waals surface area contributed by atoms with E-state index in [2.05, 4.69) is 10.2 Å². The van der Waals surface area contributed by atoms with Crippen LogP contribution in [0.15, 0.2) is 24.3 Å². The maximum Gasteiger partial charge on any atom is 0.153 e. The van der Waals surface area contributed by atoms with E-state index in [0.29, 0.717) is 11.3 Å². The van der Waals surface area contributed by atoms with Gasteiger partial charge in [-0.1, -0.05) is 18.2 Å². The van der Waals surface area contributed by atoms with E-state index in [9.17, 15) is 12.8 Å². The number of halogens is 1. The lowest BCUT2D eigenvalue weighted by Crippen LogP contribution is -2.03. The van der Waals surface area contributed by atoms with E-state index in [1.54, 1.807) is 12.1 Å². The Morgan fingerprint density at radius 2 is 2.06 bits per heavy atom. The fraction of sp³-hybridized carbons (Fsp3) is 0.182. The van der Waals surface area contributed by atoms with Gasteiger partial charge >= 0.3 is 0 Å². The molecule has 1 aromatic heterocycles. The molecule has 0 aliphatic rings. The summed E-state index contributed by atoms with van der Waals surface area (Å²) in [5.41, 5.74) is 6.49. The third-order valence-corrected chi connectivity index (χ3v) is 3.23. The van der Waals surface area contributed by atoms with Crippen LogP contribution in [-0.4, -0.2) is 24.9 Å². The molecule has 0 aliphatic carbocycles. The average molecular weight is 269 g/mol. The predicted molar refractivity (Wildman–Crippen MR) is 66.9 cm³/mol. The zero-order chi connectivity index (χ0) is 13.3. The second-order valence-corrected chi connectivity index (χ2v) is 6.15. The Balaban J connectivity index is 2.58. The Morgan fingerprint density at radius 1 is 1.39 bits per heavy atom. The number of benzene rings is 1. The molecule has 18 heavy (non-hydrogen) atoms. The van der Waals surface area contributed by atoms with Gasteiger partial charge in [-0.2, -0.15) is 5.10 Å². The first-order valence-corrected chi connectivity index (χ1v) is 7.20. The minimum absolute atomic E-state index is 0.0822. The molecule has 0 spiro atoms. The summed E-state index contributed by atoms with van der Waals surface area (Å²) in [5, 5.41) is 6.28. The highest BCUT2D eigenvalue weighted by molar-refractivity contribution is 7.89. The van der Waals surface area contributed by atoms with Gasteiger partial charge in [0.15, 0.2) is 15.7 Å². The minimum atomic E-state index is -3.26. The van der Waals surface area contributed by atoms with E-state index in [1.165, 1.54) is 12.1 Å². The number of H-pyrrole nitrogens is 1. The third-order valence-electron chi connectivity index (χ3n) is 2.42. The number of sulfone groups is 1. The fourth-order valence-corrected chi connectivity index (χ4v) is 2.46. The Kier molecular flexibility index (Phi) is 3.08. The maximum absolute atomic E-state index is 13.7. The number of aromatic nitrogens is 2. The average Bonchev–Trinajstić information content (AvgIpc) is 2.59. The Labute approximate surface area is 104 Å². The maximum atomic E-state index is 13.7. The van der Waals surface area contributed by atoms with Crippen molar-refractivity contribution in [2.45, 2.75) is 5.75 Å². The number of anilines is 1. The highest BCUT2D eigenvalue weighted by Crippen LogP contribution is 2.30. The summed E-state index contributed by atoms with van der Waals surface area (Å²) in [6, 6.07) is 6.01. The first-order chi connectivity index (χ1) is 8.38. The summed E-state index contributed by atoms with van der Waals surface area (Å²) in [7, 11) is -3.26. The SMILES string of the molecule is CS(=O)(=O)Cc1[nH]nc(N)c1-c1ccccc1F. The zero-order valence-corrected chi connectivity index (χ0v) is 10.5. The molecule has 1 heterocycles. The van der Waals surface area contributed by atoms with Crippen LogP contribution in [0.5, 0.6) is 0 Å². The van der Waals surface area contributed by atoms with E-state index in [4.69, 9.17) is 5.73 Å². The van der Waals surface area contributed by atoms with Crippen LogP contribution < -0.4 is 5.73 Å². The number of nitrogens with zero attached hydrogens (tertiary/aromatic N) is 1. The lowest BCUT2D eigenvalue weighted by atomic mass is 10.1. The minimum Gasteiger partial charge on any atom is -0.382 e. The predicted octanol–water partition coefficient (Wildman–Crippen LogP) is 1.34. The van der Waals surface area contributed by atoms with Gasteiger partial charge in [-0.05, 0) is 6.07 Å². The molecular weight excluding hydrogens is 257 g/mol. The van der Waals surface area contributed by atoms with Crippen molar-refractivity contribution >= 4 is 15.7 Å². The number of aromatic amines is 1. The van der Waals surface area contributed by atoms with Crippen LogP contribution in [0.2, 0.25) is 0 Å². The van der Waals surface area contributed by atoms with E-state index in [0.717, 1.165) is 6.26 Å². The van der Waals surface area contributed by atoms with Gasteiger partial charge < -0.3 is 5.73 Å². The van der Waals surface area contributed by atoms with Gasteiger partial charge in [0.05, 0.1) is 17.0 Å². The lowest BCUT2D eigenvalue weighted by molar-refractivity contribution is 0.600. The molecule has 0 bridgehead atoms. The van der Waals surface area contributed by atoms with Gasteiger partial charge in [0, 0.05) is 11.8 Å². The molecule has 0 fully saturated rings. The fourth-order valence-electron chi connectivity index (χ4n) is 1.73. The monoisotopic (exact) mass is 269 g/mol. The number of rotatable bonds is 3. The van der Waals surface area contributed by atoms with E-state index < -0.39 is 15.7 Å². The molecule has 0 saturated carbocycles. The Bertz CT molecular complexity index is 679. The molecular formula is C11H12FN3O2S. The van der Waals surface area contributed by atoms with Crippen LogP contribution in [0.4, 0.5) is 10.2 Å². The van der Waals surface area contributed by atoms with Crippen LogP contribution in [0, 0.1) is 5.82 Å². The smallest absolute Gasteiger partial charge is 0.153 e. The molecule has 0 saturated heterocycles. The standard InChI is InChI=1S/C11H12FN3O2S/c1-18(16,17)6-9-10(11(13)15-14-9)7-4-2-3-5-8(7)12/h2-5H,6H2,1H3,(H3,13,14,15). The van der Waals surface area contributed by atoms with Crippen molar-refractivity contribution in [1.29, 1.82) is 0 Å². The van der Waals surface area contributed by atoms with Crippen molar-refractivity contribution < 1.29 is 12.8 Å². The molecule has 96 valence electrons. The van der Waals surface area contributed by atoms with Crippen molar-refractivity contribution in [3.8, 4) is 11.1 Å². The summed E-state index contributed by atoms with van der Waals surface area (Å²) >= 11 is 0. The summed E-state index contributed by atoms with van der Waals surface area (Å²) in [6.45, 7) is 0. The normalized spacial score (nSPS) is 11.7. The van der Waals surface area contributed by atoms with Crippen LogP contribution in [-0.2, 0) is 15.6 Å². The molecule has 2 rings (SSSR count). The zero-order valence-electron chi connectivity index (χ0n) is 9.64. The molecule has 0 aliphatic heterocycles. The topological polar surface area (TPSA) is 88.8 Å². The number of nitrogens with one attached hydrogen (secondary N) is 1. The van der Waals surface area contributed by atoms with Gasteiger partial charge in [0.2, 0.25) is 0 Å². The molecule has 7 heteroatoms. The highest BCUT2D eigenvalue weighted by Gasteiger charge is 2.19. The summed E-state index contributed by atoms with van der Waals surface area (Å²) < 4.78 is 36.3. The summed E-state index contributed by atoms with van der Waals surface area (Å²) in [4.78, 5) is 0. The number of nitrogen functional groups attached to an aromatic ring is 1. The molecule has 1 aromatic carbocycles. The van der Waals surface area contributed by atoms with Crippen molar-refractivity contribution in [2.75, 3.05) is 12.0 Å². The van der Waals surface area contributed by atoms with Crippen LogP contribution in [0.1, 0.15) is 5.69 Å². The highest BCUT2D eigenvalue weighted by atomic mass is 32.2. The van der Waals surface area contributed by atoms with Crippen LogP contribution in [0.25, 0.3) is 11.1 Å². The Morgan fingerprint density at radius 3 is 2.67 bits per heavy atom. The number of hydrogen-bond donors (Lipinski definition) is 2. The van der Waals surface area contributed by atoms with Gasteiger partial charge in [-0.15, -0.1) is 0 Å². The molecule has 0 radical (unpaired) electrons. The first-order valence-electron chi connectivity index (χ1n) is 5.14. The van der Waals surface area contributed by atoms with Gasteiger partial charge in [-0.3, -0.25) is 5.10 Å². The second kappa shape index (κ2) is 4.41. The molecule has 0 unspecified atom stereocenters. The van der Waals surface area contributed by atoms with Gasteiger partial charge in [0.1, 0.15) is 5.82 Å². The molecule has 0 amide bonds. The quantitative estimate of drug-likeness (QED) is 0.880. The number of hydrogen-bond acceptors (Lipinski definition) is 4. The molecule has 5 nitrogen and oxygen atoms in total. The molecule has 3 N–H and O–H groups in total. The van der Waals surface area contributed by atoms with Crippen molar-refractivity contribution in [3.63, 3.8) is 0 Å². The largest absolute Gasteiger partial charge is 0.382 e. The summed E-state index contributed by atoms with van der Waals surface area (Å²) in [5.74, 6) is -0.653. The van der Waals surface area contributed by atoms with Crippen molar-refractivity contribution in [1.82, 2.24) is 10.2 Å².